The van der Waals surface area contributed by atoms with Crippen LogP contribution in [0.5, 0.6) is 5.75 Å². The summed E-state index contributed by atoms with van der Waals surface area (Å²) in [6.07, 6.45) is 0.890. The van der Waals surface area contributed by atoms with E-state index in [1.165, 1.54) is 0 Å². The van der Waals surface area contributed by atoms with Gasteiger partial charge in [0.2, 0.25) is 0 Å². The molecule has 0 radical (unpaired) electrons. The van der Waals surface area contributed by atoms with Crippen molar-refractivity contribution >= 4 is 39.1 Å². The van der Waals surface area contributed by atoms with Crippen LogP contribution in [0.2, 0.25) is 5.02 Å². The van der Waals surface area contributed by atoms with Crippen molar-refractivity contribution in [3.8, 4) is 5.75 Å². The SMILES string of the molecule is Cc1cccc(C(Cl)c2cc(Cl)cc3c2OCC3)c1Br. The van der Waals surface area contributed by atoms with Crippen LogP contribution in [0.15, 0.2) is 34.8 Å². The highest BCUT2D eigenvalue weighted by molar-refractivity contribution is 9.10. The largest absolute Gasteiger partial charge is 0.493 e. The lowest BCUT2D eigenvalue weighted by Gasteiger charge is -2.17. The molecule has 0 spiro atoms. The van der Waals surface area contributed by atoms with Gasteiger partial charge >= 0.3 is 0 Å². The monoisotopic (exact) mass is 370 g/mol. The van der Waals surface area contributed by atoms with Crippen LogP contribution < -0.4 is 4.74 Å². The molecular weight excluding hydrogens is 359 g/mol. The average Bonchev–Trinajstić information content (AvgIpc) is 2.88. The summed E-state index contributed by atoms with van der Waals surface area (Å²) in [5.41, 5.74) is 4.28. The summed E-state index contributed by atoms with van der Waals surface area (Å²) in [4.78, 5) is 0. The number of rotatable bonds is 2. The fourth-order valence-electron chi connectivity index (χ4n) is 2.52. The number of alkyl halides is 1. The second-order valence-corrected chi connectivity index (χ2v) is 6.59. The number of fused-ring (bicyclic) bond motifs is 1. The maximum Gasteiger partial charge on any atom is 0.127 e. The Morgan fingerprint density at radius 1 is 1.25 bits per heavy atom. The lowest BCUT2D eigenvalue weighted by atomic mass is 9.99. The van der Waals surface area contributed by atoms with Crippen molar-refractivity contribution in [3.63, 3.8) is 0 Å². The number of ether oxygens (including phenoxy) is 1. The zero-order valence-electron chi connectivity index (χ0n) is 10.9. The Hall–Kier alpha value is -0.700. The minimum absolute atomic E-state index is 0.283. The molecular formula is C16H13BrCl2O. The predicted molar refractivity (Wildman–Crippen MR) is 87.2 cm³/mol. The van der Waals surface area contributed by atoms with Crippen LogP contribution in [-0.2, 0) is 6.42 Å². The number of hydrogen-bond acceptors (Lipinski definition) is 1. The van der Waals surface area contributed by atoms with E-state index in [1.54, 1.807) is 0 Å². The third kappa shape index (κ3) is 2.45. The summed E-state index contributed by atoms with van der Waals surface area (Å²) < 4.78 is 6.77. The lowest BCUT2D eigenvalue weighted by Crippen LogP contribution is -1.99. The Labute approximate surface area is 137 Å². The van der Waals surface area contributed by atoms with E-state index in [4.69, 9.17) is 27.9 Å². The molecule has 104 valence electrons. The van der Waals surface area contributed by atoms with Gasteiger partial charge in [-0.05, 0) is 35.7 Å². The van der Waals surface area contributed by atoms with Gasteiger partial charge in [0.15, 0.2) is 0 Å². The first-order valence-corrected chi connectivity index (χ1v) is 8.03. The van der Waals surface area contributed by atoms with Gasteiger partial charge in [0.25, 0.3) is 0 Å². The van der Waals surface area contributed by atoms with Crippen LogP contribution in [0, 0.1) is 6.92 Å². The van der Waals surface area contributed by atoms with E-state index in [-0.39, 0.29) is 5.38 Å². The molecule has 1 aliphatic rings. The van der Waals surface area contributed by atoms with E-state index in [2.05, 4.69) is 28.9 Å². The second-order valence-electron chi connectivity index (χ2n) is 4.92. The molecule has 0 amide bonds. The summed E-state index contributed by atoms with van der Waals surface area (Å²) in [6.45, 7) is 2.75. The molecule has 20 heavy (non-hydrogen) atoms. The van der Waals surface area contributed by atoms with E-state index >= 15 is 0 Å². The van der Waals surface area contributed by atoms with Crippen LogP contribution in [0.3, 0.4) is 0 Å². The zero-order chi connectivity index (χ0) is 14.3. The molecule has 1 nitrogen and oxygen atoms in total. The Balaban J connectivity index is 2.11. The molecule has 0 fully saturated rings. The summed E-state index contributed by atoms with van der Waals surface area (Å²) in [5, 5.41) is 0.425. The minimum Gasteiger partial charge on any atom is -0.493 e. The van der Waals surface area contributed by atoms with E-state index in [0.29, 0.717) is 11.6 Å². The molecule has 1 aliphatic heterocycles. The molecule has 0 saturated carbocycles. The molecule has 2 aromatic rings. The molecule has 0 aliphatic carbocycles. The summed E-state index contributed by atoms with van der Waals surface area (Å²) in [5.74, 6) is 0.891. The number of benzene rings is 2. The number of hydrogen-bond donors (Lipinski definition) is 0. The minimum atomic E-state index is -0.283. The van der Waals surface area contributed by atoms with Gasteiger partial charge in [-0.15, -0.1) is 11.6 Å². The highest BCUT2D eigenvalue weighted by Gasteiger charge is 2.24. The first-order chi connectivity index (χ1) is 9.58. The highest BCUT2D eigenvalue weighted by Crippen LogP contribution is 2.43. The Morgan fingerprint density at radius 3 is 2.85 bits per heavy atom. The molecule has 1 unspecified atom stereocenters. The third-order valence-electron chi connectivity index (χ3n) is 3.54. The van der Waals surface area contributed by atoms with E-state index in [0.717, 1.165) is 38.9 Å². The van der Waals surface area contributed by atoms with Crippen molar-refractivity contribution in [2.24, 2.45) is 0 Å². The topological polar surface area (TPSA) is 9.23 Å². The van der Waals surface area contributed by atoms with Gasteiger partial charge in [0.1, 0.15) is 5.75 Å². The van der Waals surface area contributed by atoms with Gasteiger partial charge < -0.3 is 4.74 Å². The quantitative estimate of drug-likeness (QED) is 0.617. The van der Waals surface area contributed by atoms with Crippen molar-refractivity contribution in [3.05, 3.63) is 62.1 Å². The molecule has 2 aromatic carbocycles. The summed E-state index contributed by atoms with van der Waals surface area (Å²) in [7, 11) is 0. The molecule has 0 aromatic heterocycles. The van der Waals surface area contributed by atoms with Gasteiger partial charge in [0, 0.05) is 21.5 Å². The molecule has 0 bridgehead atoms. The van der Waals surface area contributed by atoms with Gasteiger partial charge in [0.05, 0.1) is 12.0 Å². The molecule has 4 heteroatoms. The molecule has 1 heterocycles. The molecule has 0 saturated heterocycles. The fraction of sp³-hybridized carbons (Fsp3) is 0.250. The van der Waals surface area contributed by atoms with Crippen LogP contribution in [0.4, 0.5) is 0 Å². The summed E-state index contributed by atoms with van der Waals surface area (Å²) >= 11 is 16.5. The van der Waals surface area contributed by atoms with Gasteiger partial charge in [-0.25, -0.2) is 0 Å². The van der Waals surface area contributed by atoms with Crippen molar-refractivity contribution in [2.45, 2.75) is 18.7 Å². The summed E-state index contributed by atoms with van der Waals surface area (Å²) in [6, 6.07) is 9.95. The van der Waals surface area contributed by atoms with Crippen molar-refractivity contribution in [1.29, 1.82) is 0 Å². The molecule has 3 rings (SSSR count). The van der Waals surface area contributed by atoms with Crippen LogP contribution >= 0.6 is 39.1 Å². The lowest BCUT2D eigenvalue weighted by molar-refractivity contribution is 0.353. The van der Waals surface area contributed by atoms with Crippen LogP contribution in [-0.4, -0.2) is 6.61 Å². The molecule has 0 N–H and O–H groups in total. The average molecular weight is 372 g/mol. The van der Waals surface area contributed by atoms with Crippen LogP contribution in [0.25, 0.3) is 0 Å². The standard InChI is InChI=1S/C16H13BrCl2O/c1-9-3-2-4-12(14(9)17)15(19)13-8-11(18)7-10-5-6-20-16(10)13/h2-4,7-8,15H,5-6H2,1H3. The van der Waals surface area contributed by atoms with Gasteiger partial charge in [-0.3, -0.25) is 0 Å². The Bertz CT molecular complexity index is 670. The molecule has 1 atom stereocenters. The fourth-order valence-corrected chi connectivity index (χ4v) is 3.74. The highest BCUT2D eigenvalue weighted by atomic mass is 79.9. The second kappa shape index (κ2) is 5.59. The maximum atomic E-state index is 6.70. The number of halogens is 3. The van der Waals surface area contributed by atoms with Crippen molar-refractivity contribution < 1.29 is 4.74 Å². The predicted octanol–water partition coefficient (Wildman–Crippen LogP) is 5.67. The van der Waals surface area contributed by atoms with Crippen molar-refractivity contribution in [2.75, 3.05) is 6.61 Å². The van der Waals surface area contributed by atoms with Gasteiger partial charge in [-0.1, -0.05) is 45.7 Å². The zero-order valence-corrected chi connectivity index (χ0v) is 14.0. The van der Waals surface area contributed by atoms with E-state index in [9.17, 15) is 0 Å². The normalized spacial score (nSPS) is 14.8. The first-order valence-electron chi connectivity index (χ1n) is 6.42. The van der Waals surface area contributed by atoms with Crippen LogP contribution in [0.1, 0.15) is 27.6 Å². The Kier molecular flexibility index (Phi) is 3.98. The van der Waals surface area contributed by atoms with E-state index < -0.39 is 0 Å². The van der Waals surface area contributed by atoms with Gasteiger partial charge in [-0.2, -0.15) is 0 Å². The number of aryl methyl sites for hydroxylation is 1. The smallest absolute Gasteiger partial charge is 0.127 e. The first kappa shape index (κ1) is 14.2. The van der Waals surface area contributed by atoms with Crippen molar-refractivity contribution in [1.82, 2.24) is 0 Å². The third-order valence-corrected chi connectivity index (χ3v) is 5.32. The Morgan fingerprint density at radius 2 is 2.05 bits per heavy atom. The van der Waals surface area contributed by atoms with E-state index in [1.807, 2.05) is 24.3 Å². The maximum absolute atomic E-state index is 6.70.